The van der Waals surface area contributed by atoms with E-state index in [0.29, 0.717) is 0 Å². The highest BCUT2D eigenvalue weighted by atomic mass is 79.9. The first kappa shape index (κ1) is 14.1. The molecule has 0 aliphatic carbocycles. The van der Waals surface area contributed by atoms with Crippen LogP contribution in [0.15, 0.2) is 71.2 Å². The fourth-order valence-corrected chi connectivity index (χ4v) is 3.71. The molecule has 3 aromatic carbocycles. The second-order valence-corrected chi connectivity index (χ2v) is 6.20. The number of halogens is 1. The summed E-state index contributed by atoms with van der Waals surface area (Å²) >= 11 is 3.74. The molecule has 1 heteroatoms. The van der Waals surface area contributed by atoms with E-state index in [2.05, 4.69) is 96.5 Å². The number of aryl methyl sites for hydroxylation is 2. The van der Waals surface area contributed by atoms with Gasteiger partial charge in [0.1, 0.15) is 0 Å². The summed E-state index contributed by atoms with van der Waals surface area (Å²) < 4.78 is 1.16. The van der Waals surface area contributed by atoms with Crippen LogP contribution in [-0.2, 0) is 0 Å². The number of benzene rings is 3. The minimum Gasteiger partial charge on any atom is -0.0622 e. The Morgan fingerprint density at radius 1 is 0.714 bits per heavy atom. The van der Waals surface area contributed by atoms with Crippen LogP contribution in [0.3, 0.4) is 0 Å². The van der Waals surface area contributed by atoms with Crippen LogP contribution in [0, 0.1) is 13.8 Å². The maximum atomic E-state index is 3.74. The van der Waals surface area contributed by atoms with Gasteiger partial charge in [-0.25, -0.2) is 0 Å². The lowest BCUT2D eigenvalue weighted by molar-refractivity contribution is 1.36. The molecule has 0 aromatic heterocycles. The van der Waals surface area contributed by atoms with Crippen LogP contribution in [0.1, 0.15) is 11.1 Å². The fraction of sp³-hybridized carbons (Fsp3) is 0.100. The third-order valence-corrected chi connectivity index (χ3v) is 4.34. The van der Waals surface area contributed by atoms with Gasteiger partial charge in [0, 0.05) is 4.47 Å². The second kappa shape index (κ2) is 5.87. The quantitative estimate of drug-likeness (QED) is 0.507. The maximum Gasteiger partial charge on any atom is 0.0259 e. The van der Waals surface area contributed by atoms with Gasteiger partial charge in [0.2, 0.25) is 0 Å². The first-order valence-electron chi connectivity index (χ1n) is 7.08. The number of rotatable bonds is 2. The van der Waals surface area contributed by atoms with Crippen molar-refractivity contribution in [2.45, 2.75) is 13.8 Å². The highest BCUT2D eigenvalue weighted by Crippen LogP contribution is 2.38. The summed E-state index contributed by atoms with van der Waals surface area (Å²) in [5, 5.41) is 0. The summed E-state index contributed by atoms with van der Waals surface area (Å²) in [6, 6.07) is 23.6. The van der Waals surface area contributed by atoms with Gasteiger partial charge in [0.25, 0.3) is 0 Å². The van der Waals surface area contributed by atoms with E-state index in [1.807, 2.05) is 0 Å². The lowest BCUT2D eigenvalue weighted by Crippen LogP contribution is -1.90. The lowest BCUT2D eigenvalue weighted by Gasteiger charge is -2.15. The number of hydrogen-bond acceptors (Lipinski definition) is 0. The summed E-state index contributed by atoms with van der Waals surface area (Å²) in [7, 11) is 0. The Bertz CT molecular complexity index is 750. The average molecular weight is 337 g/mol. The molecule has 0 spiro atoms. The van der Waals surface area contributed by atoms with Crippen molar-refractivity contribution in [1.29, 1.82) is 0 Å². The molecule has 0 atom stereocenters. The molecule has 0 saturated heterocycles. The molecule has 21 heavy (non-hydrogen) atoms. The minimum absolute atomic E-state index is 1.16. The highest BCUT2D eigenvalue weighted by molar-refractivity contribution is 9.10. The Labute approximate surface area is 134 Å². The smallest absolute Gasteiger partial charge is 0.0259 e. The molecule has 0 saturated carbocycles. The van der Waals surface area contributed by atoms with Gasteiger partial charge in [0.05, 0.1) is 0 Å². The molecule has 0 aliphatic heterocycles. The van der Waals surface area contributed by atoms with Crippen molar-refractivity contribution in [3.63, 3.8) is 0 Å². The minimum atomic E-state index is 1.16. The van der Waals surface area contributed by atoms with Crippen LogP contribution in [0.5, 0.6) is 0 Å². The van der Waals surface area contributed by atoms with Crippen molar-refractivity contribution >= 4 is 15.9 Å². The molecular formula is C20H17Br. The molecule has 0 bridgehead atoms. The van der Waals surface area contributed by atoms with Gasteiger partial charge in [-0.15, -0.1) is 0 Å². The predicted octanol–water partition coefficient (Wildman–Crippen LogP) is 6.40. The van der Waals surface area contributed by atoms with Gasteiger partial charge in [-0.05, 0) is 53.3 Å². The van der Waals surface area contributed by atoms with Crippen molar-refractivity contribution in [3.8, 4) is 22.3 Å². The van der Waals surface area contributed by atoms with Crippen molar-refractivity contribution < 1.29 is 0 Å². The molecule has 104 valence electrons. The van der Waals surface area contributed by atoms with Crippen molar-refractivity contribution in [3.05, 3.63) is 82.3 Å². The van der Waals surface area contributed by atoms with Crippen LogP contribution in [0.4, 0.5) is 0 Å². The van der Waals surface area contributed by atoms with Gasteiger partial charge in [-0.2, -0.15) is 0 Å². The van der Waals surface area contributed by atoms with E-state index in [1.54, 1.807) is 0 Å². The van der Waals surface area contributed by atoms with Crippen molar-refractivity contribution in [2.24, 2.45) is 0 Å². The van der Waals surface area contributed by atoms with Crippen molar-refractivity contribution in [2.75, 3.05) is 0 Å². The molecule has 3 rings (SSSR count). The van der Waals surface area contributed by atoms with Gasteiger partial charge in [0.15, 0.2) is 0 Å². The Hall–Kier alpha value is -1.86. The summed E-state index contributed by atoms with van der Waals surface area (Å²) in [6.45, 7) is 4.31. The van der Waals surface area contributed by atoms with Gasteiger partial charge >= 0.3 is 0 Å². The van der Waals surface area contributed by atoms with E-state index >= 15 is 0 Å². The SMILES string of the molecule is Cc1cc(C)c(-c2ccccc2-c2ccccc2)c(Br)c1. The molecule has 0 fully saturated rings. The van der Waals surface area contributed by atoms with Crippen LogP contribution >= 0.6 is 15.9 Å². The van der Waals surface area contributed by atoms with Crippen LogP contribution in [0.25, 0.3) is 22.3 Å². The molecule has 0 unspecified atom stereocenters. The molecular weight excluding hydrogens is 320 g/mol. The average Bonchev–Trinajstić information content (AvgIpc) is 2.48. The Balaban J connectivity index is 2.26. The standard InChI is InChI=1S/C20H17Br/c1-14-12-15(2)20(19(21)13-14)18-11-7-6-10-17(18)16-8-4-3-5-9-16/h3-13H,1-2H3. The van der Waals surface area contributed by atoms with E-state index < -0.39 is 0 Å². The van der Waals surface area contributed by atoms with Crippen LogP contribution in [-0.4, -0.2) is 0 Å². The first-order valence-corrected chi connectivity index (χ1v) is 7.87. The second-order valence-electron chi connectivity index (χ2n) is 5.35. The zero-order chi connectivity index (χ0) is 14.8. The lowest BCUT2D eigenvalue weighted by atomic mass is 9.91. The monoisotopic (exact) mass is 336 g/mol. The van der Waals surface area contributed by atoms with Crippen molar-refractivity contribution in [1.82, 2.24) is 0 Å². The van der Waals surface area contributed by atoms with Gasteiger partial charge in [-0.3, -0.25) is 0 Å². The third kappa shape index (κ3) is 2.79. The predicted molar refractivity (Wildman–Crippen MR) is 94.5 cm³/mol. The summed E-state index contributed by atoms with van der Waals surface area (Å²) in [5.41, 5.74) is 7.64. The van der Waals surface area contributed by atoms with E-state index in [-0.39, 0.29) is 0 Å². The normalized spacial score (nSPS) is 10.6. The maximum absolute atomic E-state index is 3.74. The molecule has 3 aromatic rings. The van der Waals surface area contributed by atoms with Crippen LogP contribution < -0.4 is 0 Å². The Morgan fingerprint density at radius 2 is 1.33 bits per heavy atom. The summed E-state index contributed by atoms with van der Waals surface area (Å²) in [5.74, 6) is 0. The fourth-order valence-electron chi connectivity index (χ4n) is 2.83. The van der Waals surface area contributed by atoms with E-state index in [4.69, 9.17) is 0 Å². The third-order valence-electron chi connectivity index (χ3n) is 3.71. The highest BCUT2D eigenvalue weighted by Gasteiger charge is 2.12. The van der Waals surface area contributed by atoms with E-state index in [9.17, 15) is 0 Å². The number of hydrogen-bond donors (Lipinski definition) is 0. The molecule has 0 N–H and O–H groups in total. The molecule has 0 radical (unpaired) electrons. The van der Waals surface area contributed by atoms with Gasteiger partial charge in [-0.1, -0.05) is 76.6 Å². The first-order chi connectivity index (χ1) is 10.2. The molecule has 0 aliphatic rings. The zero-order valence-electron chi connectivity index (χ0n) is 12.2. The zero-order valence-corrected chi connectivity index (χ0v) is 13.8. The Morgan fingerprint density at radius 3 is 2.00 bits per heavy atom. The molecule has 0 nitrogen and oxygen atoms in total. The molecule has 0 amide bonds. The topological polar surface area (TPSA) is 0 Å². The van der Waals surface area contributed by atoms with E-state index in [0.717, 1.165) is 4.47 Å². The Kier molecular flexibility index (Phi) is 3.94. The summed E-state index contributed by atoms with van der Waals surface area (Å²) in [6.07, 6.45) is 0. The van der Waals surface area contributed by atoms with Crippen LogP contribution in [0.2, 0.25) is 0 Å². The van der Waals surface area contributed by atoms with E-state index in [1.165, 1.54) is 33.4 Å². The van der Waals surface area contributed by atoms with Gasteiger partial charge < -0.3 is 0 Å². The molecule has 0 heterocycles. The largest absolute Gasteiger partial charge is 0.0622 e. The summed E-state index contributed by atoms with van der Waals surface area (Å²) in [4.78, 5) is 0.